The number of sulfonamides is 1. The molecule has 0 spiro atoms. The maximum atomic E-state index is 12.3. The van der Waals surface area contributed by atoms with Crippen LogP contribution in [-0.2, 0) is 10.0 Å². The molecule has 1 saturated heterocycles. The Morgan fingerprint density at radius 3 is 2.59 bits per heavy atom. The predicted molar refractivity (Wildman–Crippen MR) is 67.4 cm³/mol. The van der Waals surface area contributed by atoms with Gasteiger partial charge in [-0.05, 0) is 37.1 Å². The molecule has 0 aliphatic carbocycles. The quantitative estimate of drug-likeness (QED) is 0.907. The number of rotatable bonds is 3. The van der Waals surface area contributed by atoms with Crippen LogP contribution in [-0.4, -0.2) is 31.9 Å². The van der Waals surface area contributed by atoms with Crippen molar-refractivity contribution in [1.82, 2.24) is 4.31 Å². The molecule has 2 rings (SSSR count). The molecule has 2 N–H and O–H groups in total. The summed E-state index contributed by atoms with van der Waals surface area (Å²) in [5.41, 5.74) is 5.60. The van der Waals surface area contributed by atoms with E-state index in [1.807, 2.05) is 0 Å². The van der Waals surface area contributed by atoms with Crippen LogP contribution in [0.2, 0.25) is 5.02 Å². The van der Waals surface area contributed by atoms with Crippen LogP contribution in [0.15, 0.2) is 29.2 Å². The molecule has 1 fully saturated rings. The second-order valence-electron chi connectivity index (χ2n) is 4.10. The molecule has 0 saturated carbocycles. The first kappa shape index (κ1) is 12.8. The van der Waals surface area contributed by atoms with Crippen LogP contribution >= 0.6 is 11.6 Å². The Morgan fingerprint density at radius 2 is 2.00 bits per heavy atom. The summed E-state index contributed by atoms with van der Waals surface area (Å²) < 4.78 is 26.2. The van der Waals surface area contributed by atoms with E-state index in [0.29, 0.717) is 18.1 Å². The number of hydrogen-bond donors (Lipinski definition) is 1. The highest BCUT2D eigenvalue weighted by atomic mass is 35.5. The van der Waals surface area contributed by atoms with Crippen molar-refractivity contribution in [2.45, 2.75) is 23.8 Å². The van der Waals surface area contributed by atoms with Crippen molar-refractivity contribution in [3.05, 3.63) is 29.3 Å². The van der Waals surface area contributed by atoms with Gasteiger partial charge in [-0.15, -0.1) is 0 Å². The lowest BCUT2D eigenvalue weighted by Crippen LogP contribution is -2.39. The lowest BCUT2D eigenvalue weighted by atomic mass is 10.2. The Balaban J connectivity index is 2.33. The molecule has 1 aromatic rings. The van der Waals surface area contributed by atoms with Crippen LogP contribution in [0.4, 0.5) is 0 Å². The molecule has 0 bridgehead atoms. The molecule has 1 atom stereocenters. The molecule has 1 aliphatic heterocycles. The van der Waals surface area contributed by atoms with Gasteiger partial charge in [-0.25, -0.2) is 8.42 Å². The van der Waals surface area contributed by atoms with Gasteiger partial charge >= 0.3 is 0 Å². The van der Waals surface area contributed by atoms with Crippen molar-refractivity contribution in [3.63, 3.8) is 0 Å². The highest BCUT2D eigenvalue weighted by Gasteiger charge is 2.34. The van der Waals surface area contributed by atoms with Crippen LogP contribution < -0.4 is 5.73 Å². The van der Waals surface area contributed by atoms with Gasteiger partial charge in [0.05, 0.1) is 4.90 Å². The normalized spacial score (nSPS) is 21.9. The third-order valence-corrected chi connectivity index (χ3v) is 5.23. The number of nitrogens with two attached hydrogens (primary N) is 1. The molecule has 0 aromatic heterocycles. The fraction of sp³-hybridized carbons (Fsp3) is 0.455. The van der Waals surface area contributed by atoms with Crippen molar-refractivity contribution in [3.8, 4) is 0 Å². The number of nitrogens with zero attached hydrogens (tertiary/aromatic N) is 1. The van der Waals surface area contributed by atoms with E-state index < -0.39 is 10.0 Å². The highest BCUT2D eigenvalue weighted by Crippen LogP contribution is 2.26. The second kappa shape index (κ2) is 4.94. The summed E-state index contributed by atoms with van der Waals surface area (Å²) >= 11 is 5.75. The largest absolute Gasteiger partial charge is 0.329 e. The summed E-state index contributed by atoms with van der Waals surface area (Å²) in [7, 11) is -3.42. The van der Waals surface area contributed by atoms with Gasteiger partial charge in [-0.1, -0.05) is 11.6 Å². The van der Waals surface area contributed by atoms with Crippen LogP contribution in [0.3, 0.4) is 0 Å². The van der Waals surface area contributed by atoms with E-state index in [1.165, 1.54) is 16.4 Å². The molecule has 1 heterocycles. The third kappa shape index (κ3) is 2.47. The van der Waals surface area contributed by atoms with Gasteiger partial charge in [-0.2, -0.15) is 4.31 Å². The Bertz CT molecular complexity index is 487. The van der Waals surface area contributed by atoms with Crippen LogP contribution in [0.1, 0.15) is 12.8 Å². The zero-order chi connectivity index (χ0) is 12.5. The first-order valence-electron chi connectivity index (χ1n) is 5.53. The standard InChI is InChI=1S/C11H15ClN2O2S/c12-9-3-5-11(6-4-9)17(15,16)14-7-1-2-10(14)8-13/h3-6,10H,1-2,7-8,13H2/t10-/m0/s1. The topological polar surface area (TPSA) is 63.4 Å². The van der Waals surface area contributed by atoms with E-state index in [4.69, 9.17) is 17.3 Å². The fourth-order valence-electron chi connectivity index (χ4n) is 2.10. The summed E-state index contributed by atoms with van der Waals surface area (Å²) in [6, 6.07) is 6.16. The summed E-state index contributed by atoms with van der Waals surface area (Å²) in [4.78, 5) is 0.280. The number of hydrogen-bond acceptors (Lipinski definition) is 3. The van der Waals surface area contributed by atoms with E-state index >= 15 is 0 Å². The molecule has 0 radical (unpaired) electrons. The van der Waals surface area contributed by atoms with Gasteiger partial charge in [0, 0.05) is 24.2 Å². The number of benzene rings is 1. The van der Waals surface area contributed by atoms with E-state index in [0.717, 1.165) is 12.8 Å². The van der Waals surface area contributed by atoms with Gasteiger partial charge in [0.2, 0.25) is 10.0 Å². The minimum atomic E-state index is -3.42. The Kier molecular flexibility index (Phi) is 3.73. The van der Waals surface area contributed by atoms with E-state index in [1.54, 1.807) is 12.1 Å². The summed E-state index contributed by atoms with van der Waals surface area (Å²) in [6.07, 6.45) is 1.71. The Morgan fingerprint density at radius 1 is 1.35 bits per heavy atom. The Hall–Kier alpha value is -0.620. The minimum absolute atomic E-state index is 0.0734. The van der Waals surface area contributed by atoms with Gasteiger partial charge in [0.25, 0.3) is 0 Å². The summed E-state index contributed by atoms with van der Waals surface area (Å²) in [6.45, 7) is 0.916. The maximum absolute atomic E-state index is 12.3. The van der Waals surface area contributed by atoms with Crippen LogP contribution in [0.5, 0.6) is 0 Å². The maximum Gasteiger partial charge on any atom is 0.243 e. The van der Waals surface area contributed by atoms with Crippen LogP contribution in [0.25, 0.3) is 0 Å². The van der Waals surface area contributed by atoms with Gasteiger partial charge in [-0.3, -0.25) is 0 Å². The molecule has 94 valence electrons. The van der Waals surface area contributed by atoms with Crippen molar-refractivity contribution < 1.29 is 8.42 Å². The molecular formula is C11H15ClN2O2S. The molecule has 6 heteroatoms. The van der Waals surface area contributed by atoms with Gasteiger partial charge in [0.15, 0.2) is 0 Å². The zero-order valence-electron chi connectivity index (χ0n) is 9.34. The third-order valence-electron chi connectivity index (χ3n) is 3.02. The number of halogens is 1. The molecule has 1 aliphatic rings. The average Bonchev–Trinajstić information content (AvgIpc) is 2.78. The van der Waals surface area contributed by atoms with E-state index in [2.05, 4.69) is 0 Å². The van der Waals surface area contributed by atoms with Crippen molar-refractivity contribution in [1.29, 1.82) is 0 Å². The molecule has 4 nitrogen and oxygen atoms in total. The highest BCUT2D eigenvalue weighted by molar-refractivity contribution is 7.89. The first-order valence-corrected chi connectivity index (χ1v) is 7.35. The first-order chi connectivity index (χ1) is 8.05. The lowest BCUT2D eigenvalue weighted by molar-refractivity contribution is 0.393. The smallest absolute Gasteiger partial charge is 0.243 e. The van der Waals surface area contributed by atoms with Crippen molar-refractivity contribution in [2.24, 2.45) is 5.73 Å². The summed E-state index contributed by atoms with van der Waals surface area (Å²) in [5.74, 6) is 0. The average molecular weight is 275 g/mol. The second-order valence-corrected chi connectivity index (χ2v) is 6.43. The molecule has 17 heavy (non-hydrogen) atoms. The van der Waals surface area contributed by atoms with Crippen molar-refractivity contribution in [2.75, 3.05) is 13.1 Å². The monoisotopic (exact) mass is 274 g/mol. The molecule has 0 amide bonds. The van der Waals surface area contributed by atoms with Crippen LogP contribution in [0, 0.1) is 0 Å². The van der Waals surface area contributed by atoms with Gasteiger partial charge < -0.3 is 5.73 Å². The van der Waals surface area contributed by atoms with Gasteiger partial charge in [0.1, 0.15) is 0 Å². The minimum Gasteiger partial charge on any atom is -0.329 e. The molecule has 0 unspecified atom stereocenters. The van der Waals surface area contributed by atoms with E-state index in [9.17, 15) is 8.42 Å². The lowest BCUT2D eigenvalue weighted by Gasteiger charge is -2.22. The molecule has 1 aromatic carbocycles. The van der Waals surface area contributed by atoms with E-state index in [-0.39, 0.29) is 10.9 Å². The van der Waals surface area contributed by atoms with Crippen molar-refractivity contribution >= 4 is 21.6 Å². The summed E-state index contributed by atoms with van der Waals surface area (Å²) in [5, 5.41) is 0.528. The SMILES string of the molecule is NC[C@@H]1CCCN1S(=O)(=O)c1ccc(Cl)cc1. The zero-order valence-corrected chi connectivity index (χ0v) is 10.9. The Labute approximate surface area is 106 Å². The fourth-order valence-corrected chi connectivity index (χ4v) is 3.93. The predicted octanol–water partition coefficient (Wildman–Crippen LogP) is 1.45. The molecular weight excluding hydrogens is 260 g/mol.